The number of nitrogens with zero attached hydrogens (tertiary/aromatic N) is 2. The lowest BCUT2D eigenvalue weighted by atomic mass is 10.0. The van der Waals surface area contributed by atoms with E-state index in [1.807, 2.05) is 4.57 Å². The molecule has 1 aromatic heterocycles. The number of fused-ring (bicyclic) bond motifs is 1. The van der Waals surface area contributed by atoms with Gasteiger partial charge in [-0.05, 0) is 37.8 Å². The number of halogens is 1. The number of aryl methyl sites for hydroxylation is 1. The second-order valence-corrected chi connectivity index (χ2v) is 5.51. The van der Waals surface area contributed by atoms with Crippen molar-refractivity contribution in [2.45, 2.75) is 25.7 Å². The average Bonchev–Trinajstić information content (AvgIpc) is 2.89. The Kier molecular flexibility index (Phi) is 3.59. The molecule has 0 fully saturated rings. The Morgan fingerprint density at radius 2 is 2.14 bits per heavy atom. The summed E-state index contributed by atoms with van der Waals surface area (Å²) in [4.78, 5) is 16.5. The molecule has 0 saturated carbocycles. The highest BCUT2D eigenvalue weighted by Crippen LogP contribution is 2.32. The van der Waals surface area contributed by atoms with Gasteiger partial charge in [-0.2, -0.15) is 0 Å². The van der Waals surface area contributed by atoms with Gasteiger partial charge in [0, 0.05) is 11.4 Å². The third-order valence-electron chi connectivity index (χ3n) is 3.76. The maximum atomic E-state index is 12.0. The van der Waals surface area contributed by atoms with E-state index in [4.69, 9.17) is 22.1 Å². The molecule has 0 aliphatic heterocycles. The van der Waals surface area contributed by atoms with Crippen LogP contribution in [0, 0.1) is 0 Å². The standard InChI is InChI=1S/C15H16ClN3O2/c1-21-15(20)10-6-9(17)7-11(16)14(10)19-8-18-12-4-2-3-5-13(12)19/h6-8H,2-5,17H2,1H3. The molecule has 0 bridgehead atoms. The topological polar surface area (TPSA) is 70.1 Å². The zero-order chi connectivity index (χ0) is 15.0. The Morgan fingerprint density at radius 1 is 1.38 bits per heavy atom. The highest BCUT2D eigenvalue weighted by Gasteiger charge is 2.23. The van der Waals surface area contributed by atoms with Crippen LogP contribution in [-0.4, -0.2) is 22.6 Å². The van der Waals surface area contributed by atoms with E-state index in [2.05, 4.69) is 4.98 Å². The zero-order valence-electron chi connectivity index (χ0n) is 11.7. The fourth-order valence-corrected chi connectivity index (χ4v) is 3.11. The Bertz CT molecular complexity index is 709. The number of nitrogens with two attached hydrogens (primary N) is 1. The van der Waals surface area contributed by atoms with Crippen molar-refractivity contribution in [2.75, 3.05) is 12.8 Å². The molecule has 0 radical (unpaired) electrons. The summed E-state index contributed by atoms with van der Waals surface area (Å²) in [5.41, 5.74) is 9.35. The number of ether oxygens (including phenoxy) is 1. The number of benzene rings is 1. The summed E-state index contributed by atoms with van der Waals surface area (Å²) >= 11 is 6.33. The van der Waals surface area contributed by atoms with Gasteiger partial charge in [0.1, 0.15) is 0 Å². The van der Waals surface area contributed by atoms with Gasteiger partial charge in [0.05, 0.1) is 35.4 Å². The second-order valence-electron chi connectivity index (χ2n) is 5.11. The van der Waals surface area contributed by atoms with Crippen LogP contribution in [0.4, 0.5) is 5.69 Å². The molecule has 2 aromatic rings. The van der Waals surface area contributed by atoms with Crippen LogP contribution < -0.4 is 5.73 Å². The van der Waals surface area contributed by atoms with E-state index in [1.54, 1.807) is 18.5 Å². The van der Waals surface area contributed by atoms with E-state index < -0.39 is 5.97 Å². The largest absolute Gasteiger partial charge is 0.465 e. The highest BCUT2D eigenvalue weighted by atomic mass is 35.5. The normalized spacial score (nSPS) is 13.8. The van der Waals surface area contributed by atoms with Crippen LogP contribution >= 0.6 is 11.6 Å². The molecule has 3 rings (SSSR count). The Morgan fingerprint density at radius 3 is 2.90 bits per heavy atom. The molecule has 1 aliphatic rings. The molecular weight excluding hydrogens is 290 g/mol. The minimum absolute atomic E-state index is 0.355. The minimum atomic E-state index is -0.461. The Balaban J connectivity index is 2.22. The Labute approximate surface area is 127 Å². The van der Waals surface area contributed by atoms with Crippen LogP contribution in [0.3, 0.4) is 0 Å². The van der Waals surface area contributed by atoms with E-state index in [0.29, 0.717) is 22.0 Å². The molecule has 2 N–H and O–H groups in total. The molecule has 5 nitrogen and oxygen atoms in total. The fraction of sp³-hybridized carbons (Fsp3) is 0.333. The molecule has 6 heteroatoms. The first kappa shape index (κ1) is 13.9. The lowest BCUT2D eigenvalue weighted by Crippen LogP contribution is -2.12. The van der Waals surface area contributed by atoms with Crippen molar-refractivity contribution in [2.24, 2.45) is 0 Å². The second kappa shape index (κ2) is 5.41. The number of anilines is 1. The van der Waals surface area contributed by atoms with Crippen LogP contribution in [0.5, 0.6) is 0 Å². The summed E-state index contributed by atoms with van der Waals surface area (Å²) < 4.78 is 6.73. The van der Waals surface area contributed by atoms with Gasteiger partial charge < -0.3 is 15.0 Å². The number of rotatable bonds is 2. The number of esters is 1. The van der Waals surface area contributed by atoms with Gasteiger partial charge in [0.2, 0.25) is 0 Å². The quantitative estimate of drug-likeness (QED) is 0.684. The van der Waals surface area contributed by atoms with E-state index in [9.17, 15) is 4.79 Å². The summed E-state index contributed by atoms with van der Waals surface area (Å²) in [5, 5.41) is 0.418. The van der Waals surface area contributed by atoms with Gasteiger partial charge in [0.15, 0.2) is 0 Å². The van der Waals surface area contributed by atoms with Crippen molar-refractivity contribution in [3.63, 3.8) is 0 Å². The van der Waals surface area contributed by atoms with Crippen molar-refractivity contribution >= 4 is 23.3 Å². The maximum Gasteiger partial charge on any atom is 0.340 e. The zero-order valence-corrected chi connectivity index (χ0v) is 12.5. The molecule has 0 atom stereocenters. The predicted octanol–water partition coefficient (Wildman–Crippen LogP) is 2.77. The van der Waals surface area contributed by atoms with Crippen molar-refractivity contribution in [3.8, 4) is 5.69 Å². The lowest BCUT2D eigenvalue weighted by molar-refractivity contribution is 0.0601. The minimum Gasteiger partial charge on any atom is -0.465 e. The van der Waals surface area contributed by atoms with Crippen LogP contribution in [-0.2, 0) is 17.6 Å². The molecule has 0 amide bonds. The van der Waals surface area contributed by atoms with Crippen LogP contribution in [0.2, 0.25) is 5.02 Å². The number of nitrogen functional groups attached to an aromatic ring is 1. The van der Waals surface area contributed by atoms with Gasteiger partial charge >= 0.3 is 5.97 Å². The number of hydrogen-bond acceptors (Lipinski definition) is 4. The maximum absolute atomic E-state index is 12.0. The summed E-state index contributed by atoms with van der Waals surface area (Å²) in [6, 6.07) is 3.22. The number of hydrogen-bond donors (Lipinski definition) is 1. The smallest absolute Gasteiger partial charge is 0.340 e. The third kappa shape index (κ3) is 2.38. The van der Waals surface area contributed by atoms with Gasteiger partial charge in [-0.3, -0.25) is 0 Å². The van der Waals surface area contributed by atoms with Crippen molar-refractivity contribution in [3.05, 3.63) is 40.4 Å². The molecule has 0 spiro atoms. The molecule has 0 unspecified atom stereocenters. The summed E-state index contributed by atoms with van der Waals surface area (Å²) in [7, 11) is 1.34. The molecule has 0 saturated heterocycles. The number of carbonyl (C=O) groups excluding carboxylic acids is 1. The SMILES string of the molecule is COC(=O)c1cc(N)cc(Cl)c1-n1cnc2c1CCCC2. The Hall–Kier alpha value is -2.01. The average molecular weight is 306 g/mol. The van der Waals surface area contributed by atoms with Crippen LogP contribution in [0.25, 0.3) is 5.69 Å². The first-order valence-corrected chi connectivity index (χ1v) is 7.22. The van der Waals surface area contributed by atoms with Gasteiger partial charge in [0.25, 0.3) is 0 Å². The molecule has 1 heterocycles. The molecule has 1 aromatic carbocycles. The molecular formula is C15H16ClN3O2. The first-order valence-electron chi connectivity index (χ1n) is 6.84. The molecule has 1 aliphatic carbocycles. The molecule has 21 heavy (non-hydrogen) atoms. The first-order chi connectivity index (χ1) is 10.1. The van der Waals surface area contributed by atoms with Crippen molar-refractivity contribution in [1.82, 2.24) is 9.55 Å². The van der Waals surface area contributed by atoms with Crippen LogP contribution in [0.15, 0.2) is 18.5 Å². The van der Waals surface area contributed by atoms with E-state index in [-0.39, 0.29) is 0 Å². The summed E-state index contributed by atoms with van der Waals surface area (Å²) in [6.07, 6.45) is 5.86. The summed E-state index contributed by atoms with van der Waals surface area (Å²) in [6.45, 7) is 0. The van der Waals surface area contributed by atoms with Gasteiger partial charge in [-0.15, -0.1) is 0 Å². The van der Waals surface area contributed by atoms with Gasteiger partial charge in [-0.1, -0.05) is 11.6 Å². The predicted molar refractivity (Wildman–Crippen MR) is 81.0 cm³/mol. The van der Waals surface area contributed by atoms with E-state index >= 15 is 0 Å². The number of aromatic nitrogens is 2. The van der Waals surface area contributed by atoms with Gasteiger partial charge in [-0.25, -0.2) is 9.78 Å². The monoisotopic (exact) mass is 305 g/mol. The van der Waals surface area contributed by atoms with Crippen molar-refractivity contribution < 1.29 is 9.53 Å². The number of carbonyl (C=O) groups is 1. The van der Waals surface area contributed by atoms with Crippen LogP contribution in [0.1, 0.15) is 34.6 Å². The highest BCUT2D eigenvalue weighted by molar-refractivity contribution is 6.33. The lowest BCUT2D eigenvalue weighted by Gasteiger charge is -2.17. The van der Waals surface area contributed by atoms with E-state index in [0.717, 1.165) is 37.1 Å². The third-order valence-corrected chi connectivity index (χ3v) is 4.05. The van der Waals surface area contributed by atoms with Crippen molar-refractivity contribution in [1.29, 1.82) is 0 Å². The number of methoxy groups -OCH3 is 1. The number of imidazole rings is 1. The van der Waals surface area contributed by atoms with E-state index in [1.165, 1.54) is 7.11 Å². The summed E-state index contributed by atoms with van der Waals surface area (Å²) in [5.74, 6) is -0.461. The molecule has 110 valence electrons. The fourth-order valence-electron chi connectivity index (χ4n) is 2.79.